The quantitative estimate of drug-likeness (QED) is 0.317. The fourth-order valence-electron chi connectivity index (χ4n) is 0.903. The lowest BCUT2D eigenvalue weighted by molar-refractivity contribution is -0.134. The van der Waals surface area contributed by atoms with Gasteiger partial charge >= 0.3 is 10.4 Å². The lowest BCUT2D eigenvalue weighted by atomic mass is 10.0. The molecule has 0 saturated carbocycles. The Bertz CT molecular complexity index is 413. The van der Waals surface area contributed by atoms with Crippen LogP contribution in [0.4, 0.5) is 0 Å². The molecular weight excluding hydrogens is 240 g/mol. The largest absolute Gasteiger partial charge is 0.397 e. The summed E-state index contributed by atoms with van der Waals surface area (Å²) in [6.07, 6.45) is 0. The van der Waals surface area contributed by atoms with Crippen molar-refractivity contribution in [2.24, 2.45) is 5.11 Å². The van der Waals surface area contributed by atoms with Gasteiger partial charge in [0.1, 0.15) is 5.54 Å². The van der Waals surface area contributed by atoms with Gasteiger partial charge in [0.2, 0.25) is 5.91 Å². The zero-order valence-corrected chi connectivity index (χ0v) is 9.80. The van der Waals surface area contributed by atoms with Crippen LogP contribution >= 0.6 is 0 Å². The second-order valence-electron chi connectivity index (χ2n) is 3.35. The van der Waals surface area contributed by atoms with Gasteiger partial charge in [-0.1, -0.05) is 5.11 Å². The molecule has 92 valence electrons. The normalized spacial score (nSPS) is 14.8. The highest BCUT2D eigenvalue weighted by molar-refractivity contribution is 7.80. The lowest BCUT2D eigenvalue weighted by Gasteiger charge is -2.25. The summed E-state index contributed by atoms with van der Waals surface area (Å²) in [5.74, 6) is -0.644. The molecule has 0 unspecified atom stereocenters. The maximum Gasteiger partial charge on any atom is 0.397 e. The number of carbonyl (C=O) groups is 1. The molecule has 0 aliphatic heterocycles. The van der Waals surface area contributed by atoms with E-state index in [1.54, 1.807) is 0 Å². The first-order valence-corrected chi connectivity index (χ1v) is 5.39. The van der Waals surface area contributed by atoms with Gasteiger partial charge in [-0.3, -0.25) is 9.35 Å². The summed E-state index contributed by atoms with van der Waals surface area (Å²) in [5.41, 5.74) is 6.55. The Morgan fingerprint density at radius 3 is 2.44 bits per heavy atom. The van der Waals surface area contributed by atoms with Gasteiger partial charge in [-0.25, -0.2) is 4.18 Å². The minimum absolute atomic E-state index is 0.644. The van der Waals surface area contributed by atoms with Crippen molar-refractivity contribution >= 4 is 16.3 Å². The Kier molecular flexibility index (Phi) is 4.69. The zero-order valence-electron chi connectivity index (χ0n) is 8.98. The third-order valence-electron chi connectivity index (χ3n) is 1.62. The molecule has 0 rings (SSSR count). The first-order valence-electron chi connectivity index (χ1n) is 4.02. The maximum atomic E-state index is 11.6. The predicted octanol–water partition coefficient (Wildman–Crippen LogP) is -0.0370. The minimum Gasteiger partial charge on any atom is -0.348 e. The number of amides is 1. The minimum atomic E-state index is -4.69. The summed E-state index contributed by atoms with van der Waals surface area (Å²) in [4.78, 5) is 15.1. The Hall–Kier alpha value is -1.35. The van der Waals surface area contributed by atoms with E-state index in [4.69, 9.17) is 10.1 Å². The molecule has 0 heterocycles. The van der Waals surface area contributed by atoms with Crippen LogP contribution in [0.5, 0.6) is 0 Å². The second-order valence-corrected chi connectivity index (χ2v) is 4.44. The maximum absolute atomic E-state index is 11.6. The van der Waals surface area contributed by atoms with Crippen molar-refractivity contribution in [3.05, 3.63) is 10.4 Å². The van der Waals surface area contributed by atoms with Crippen molar-refractivity contribution in [1.82, 2.24) is 4.90 Å². The van der Waals surface area contributed by atoms with Gasteiger partial charge < -0.3 is 4.90 Å². The third-order valence-corrected chi connectivity index (χ3v) is 2.04. The molecule has 0 radical (unpaired) electrons. The Morgan fingerprint density at radius 1 is 1.62 bits per heavy atom. The highest BCUT2D eigenvalue weighted by Crippen LogP contribution is 2.15. The average Bonchev–Trinajstić information content (AvgIpc) is 2.13. The molecule has 0 aromatic heterocycles. The molecule has 9 nitrogen and oxygen atoms in total. The van der Waals surface area contributed by atoms with E-state index in [9.17, 15) is 13.2 Å². The lowest BCUT2D eigenvalue weighted by Crippen LogP contribution is -2.46. The molecule has 0 saturated heterocycles. The molecular formula is C6H12N4O5S. The van der Waals surface area contributed by atoms with Crippen LogP contribution < -0.4 is 0 Å². The van der Waals surface area contributed by atoms with E-state index in [2.05, 4.69) is 14.2 Å². The molecule has 0 aromatic rings. The summed E-state index contributed by atoms with van der Waals surface area (Å²) < 4.78 is 33.1. The van der Waals surface area contributed by atoms with Crippen molar-refractivity contribution < 1.29 is 21.9 Å². The molecule has 0 spiro atoms. The Labute approximate surface area is 92.6 Å². The van der Waals surface area contributed by atoms with Crippen LogP contribution in [-0.2, 0) is 19.4 Å². The van der Waals surface area contributed by atoms with Gasteiger partial charge in [0.05, 0.1) is 6.61 Å². The van der Waals surface area contributed by atoms with Crippen LogP contribution in [0.1, 0.15) is 6.92 Å². The van der Waals surface area contributed by atoms with Gasteiger partial charge in [-0.2, -0.15) is 8.42 Å². The molecule has 10 heteroatoms. The van der Waals surface area contributed by atoms with Gasteiger partial charge in [-0.05, 0) is 12.5 Å². The number of azide groups is 1. The molecule has 1 atom stereocenters. The molecule has 0 fully saturated rings. The SMILES string of the molecule is CN(C)C(=O)[C@@](C)(COS(=O)(=O)O)N=[N+]=[N-]. The van der Waals surface area contributed by atoms with Crippen molar-refractivity contribution in [2.45, 2.75) is 12.5 Å². The van der Waals surface area contributed by atoms with E-state index >= 15 is 0 Å². The molecule has 0 aliphatic carbocycles. The van der Waals surface area contributed by atoms with Crippen LogP contribution in [0.3, 0.4) is 0 Å². The summed E-state index contributed by atoms with van der Waals surface area (Å²) in [5, 5.41) is 3.17. The monoisotopic (exact) mass is 252 g/mol. The summed E-state index contributed by atoms with van der Waals surface area (Å²) in [7, 11) is -1.88. The van der Waals surface area contributed by atoms with E-state index in [-0.39, 0.29) is 0 Å². The first kappa shape index (κ1) is 14.6. The third kappa shape index (κ3) is 4.45. The van der Waals surface area contributed by atoms with Crippen molar-refractivity contribution in [2.75, 3.05) is 20.7 Å². The summed E-state index contributed by atoms with van der Waals surface area (Å²) in [6, 6.07) is 0. The molecule has 0 aromatic carbocycles. The molecule has 16 heavy (non-hydrogen) atoms. The van der Waals surface area contributed by atoms with E-state index in [1.165, 1.54) is 21.0 Å². The van der Waals surface area contributed by atoms with E-state index in [0.29, 0.717) is 0 Å². The topological polar surface area (TPSA) is 133 Å². The van der Waals surface area contributed by atoms with Crippen molar-refractivity contribution in [3.8, 4) is 0 Å². The predicted molar refractivity (Wildman–Crippen MR) is 53.7 cm³/mol. The standard InChI is InChI=1S/C6H12N4O5S/c1-6(8-9-7,5(11)10(2)3)4-15-16(12,13)14/h4H2,1-3H3,(H,12,13,14)/t6-/m1/s1. The fraction of sp³-hybridized carbons (Fsp3) is 0.833. The number of rotatable bonds is 5. The van der Waals surface area contributed by atoms with Gasteiger partial charge in [0.15, 0.2) is 0 Å². The smallest absolute Gasteiger partial charge is 0.348 e. The second kappa shape index (κ2) is 5.12. The highest BCUT2D eigenvalue weighted by Gasteiger charge is 2.35. The number of hydrogen-bond donors (Lipinski definition) is 1. The Morgan fingerprint density at radius 2 is 2.12 bits per heavy atom. The number of nitrogens with zero attached hydrogens (tertiary/aromatic N) is 4. The van der Waals surface area contributed by atoms with Crippen LogP contribution in [0, 0.1) is 0 Å². The molecule has 1 amide bonds. The summed E-state index contributed by atoms with van der Waals surface area (Å²) in [6.45, 7) is 0.424. The van der Waals surface area contributed by atoms with Crippen LogP contribution in [0.2, 0.25) is 0 Å². The average molecular weight is 252 g/mol. The van der Waals surface area contributed by atoms with Crippen molar-refractivity contribution in [1.29, 1.82) is 0 Å². The zero-order chi connectivity index (χ0) is 13.0. The van der Waals surface area contributed by atoms with Crippen LogP contribution in [-0.4, -0.2) is 50.0 Å². The van der Waals surface area contributed by atoms with Crippen LogP contribution in [0.15, 0.2) is 5.11 Å². The molecule has 0 bridgehead atoms. The fourth-order valence-corrected chi connectivity index (χ4v) is 1.28. The number of carbonyl (C=O) groups excluding carboxylic acids is 1. The number of likely N-dealkylation sites (N-methyl/N-ethyl adjacent to an activating group) is 1. The van der Waals surface area contributed by atoms with Crippen molar-refractivity contribution in [3.63, 3.8) is 0 Å². The van der Waals surface area contributed by atoms with Gasteiger partial charge in [0, 0.05) is 19.0 Å². The molecule has 0 aliphatic rings. The molecule has 1 N–H and O–H groups in total. The highest BCUT2D eigenvalue weighted by atomic mass is 32.3. The Balaban J connectivity index is 4.99. The van der Waals surface area contributed by atoms with E-state index in [1.807, 2.05) is 0 Å². The van der Waals surface area contributed by atoms with Gasteiger partial charge in [-0.15, -0.1) is 0 Å². The first-order chi connectivity index (χ1) is 7.12. The van der Waals surface area contributed by atoms with Crippen LogP contribution in [0.25, 0.3) is 10.4 Å². The van der Waals surface area contributed by atoms with E-state index in [0.717, 1.165) is 4.90 Å². The van der Waals surface area contributed by atoms with Gasteiger partial charge in [0.25, 0.3) is 0 Å². The number of hydrogen-bond acceptors (Lipinski definition) is 5. The summed E-state index contributed by atoms with van der Waals surface area (Å²) >= 11 is 0. The van der Waals surface area contributed by atoms with E-state index < -0.39 is 28.5 Å².